The molecule has 0 radical (unpaired) electrons. The van der Waals surface area contributed by atoms with Gasteiger partial charge in [-0.2, -0.15) is 0 Å². The number of halogens is 1. The fourth-order valence-corrected chi connectivity index (χ4v) is 3.19. The highest BCUT2D eigenvalue weighted by molar-refractivity contribution is 5.85. The fourth-order valence-electron chi connectivity index (χ4n) is 3.19. The van der Waals surface area contributed by atoms with Gasteiger partial charge in [0.05, 0.1) is 31.1 Å². The van der Waals surface area contributed by atoms with Gasteiger partial charge < -0.3 is 15.2 Å². The number of nitrogens with one attached hydrogen (secondary N) is 1. The first-order valence-electron chi connectivity index (χ1n) is 8.35. The molecule has 2 N–H and O–H groups in total. The Hall–Kier alpha value is -0.910. The van der Waals surface area contributed by atoms with E-state index in [-0.39, 0.29) is 37.2 Å². The number of hydrogen-bond acceptors (Lipinski definition) is 5. The number of rotatable bonds is 6. The molecule has 0 aliphatic carbocycles. The second-order valence-corrected chi connectivity index (χ2v) is 6.92. The molecule has 6 heteroatoms. The van der Waals surface area contributed by atoms with Gasteiger partial charge in [0.1, 0.15) is 5.82 Å². The first kappa shape index (κ1) is 20.1. The van der Waals surface area contributed by atoms with E-state index in [1.807, 2.05) is 13.8 Å². The molecule has 1 aromatic rings. The Kier molecular flexibility index (Phi) is 8.23. The SMILES string of the molecule is CC(C)CC1CCC(c2ncc(OC(C)C)cn2)NC1CO.Cl. The minimum atomic E-state index is 0. The van der Waals surface area contributed by atoms with Crippen LogP contribution in [0.4, 0.5) is 0 Å². The summed E-state index contributed by atoms with van der Waals surface area (Å²) in [4.78, 5) is 8.86. The lowest BCUT2D eigenvalue weighted by molar-refractivity contribution is 0.131. The number of aliphatic hydroxyl groups is 1. The Morgan fingerprint density at radius 1 is 1.22 bits per heavy atom. The zero-order valence-corrected chi connectivity index (χ0v) is 15.3. The van der Waals surface area contributed by atoms with Crippen molar-refractivity contribution in [3.63, 3.8) is 0 Å². The molecule has 0 bridgehead atoms. The monoisotopic (exact) mass is 343 g/mol. The molecule has 5 nitrogen and oxygen atoms in total. The number of aliphatic hydroxyl groups excluding tert-OH is 1. The molecule has 132 valence electrons. The minimum Gasteiger partial charge on any atom is -0.488 e. The zero-order valence-electron chi connectivity index (χ0n) is 14.5. The van der Waals surface area contributed by atoms with Gasteiger partial charge in [-0.3, -0.25) is 0 Å². The molecule has 0 spiro atoms. The van der Waals surface area contributed by atoms with Crippen molar-refractivity contribution < 1.29 is 9.84 Å². The van der Waals surface area contributed by atoms with Crippen molar-refractivity contribution in [2.45, 2.75) is 65.1 Å². The largest absolute Gasteiger partial charge is 0.488 e. The van der Waals surface area contributed by atoms with Crippen LogP contribution >= 0.6 is 12.4 Å². The third-order valence-corrected chi connectivity index (χ3v) is 4.11. The van der Waals surface area contributed by atoms with Crippen molar-refractivity contribution in [1.82, 2.24) is 15.3 Å². The van der Waals surface area contributed by atoms with Crippen molar-refractivity contribution in [3.05, 3.63) is 18.2 Å². The Balaban J connectivity index is 0.00000264. The van der Waals surface area contributed by atoms with Crippen LogP contribution in [0.5, 0.6) is 5.75 Å². The highest BCUT2D eigenvalue weighted by Gasteiger charge is 2.31. The van der Waals surface area contributed by atoms with E-state index in [4.69, 9.17) is 4.74 Å². The van der Waals surface area contributed by atoms with Crippen LogP contribution in [0.3, 0.4) is 0 Å². The van der Waals surface area contributed by atoms with Crippen LogP contribution in [-0.2, 0) is 0 Å². The van der Waals surface area contributed by atoms with Crippen molar-refractivity contribution in [2.75, 3.05) is 6.61 Å². The molecule has 2 heterocycles. The molecule has 1 fully saturated rings. The molecular formula is C17H30ClN3O2. The number of ether oxygens (including phenoxy) is 1. The summed E-state index contributed by atoms with van der Waals surface area (Å²) in [6, 6.07) is 0.255. The van der Waals surface area contributed by atoms with Gasteiger partial charge in [0.25, 0.3) is 0 Å². The third-order valence-electron chi connectivity index (χ3n) is 4.11. The van der Waals surface area contributed by atoms with Crippen molar-refractivity contribution in [2.24, 2.45) is 11.8 Å². The molecule has 1 aliphatic rings. The molecule has 3 atom stereocenters. The molecule has 2 rings (SSSR count). The van der Waals surface area contributed by atoms with Gasteiger partial charge in [0.2, 0.25) is 0 Å². The maximum atomic E-state index is 9.66. The Morgan fingerprint density at radius 2 is 1.87 bits per heavy atom. The van der Waals surface area contributed by atoms with Gasteiger partial charge in [-0.05, 0) is 44.9 Å². The smallest absolute Gasteiger partial charge is 0.156 e. The first-order valence-corrected chi connectivity index (χ1v) is 8.35. The highest BCUT2D eigenvalue weighted by atomic mass is 35.5. The molecule has 1 aromatic heterocycles. The first-order chi connectivity index (χ1) is 10.5. The summed E-state index contributed by atoms with van der Waals surface area (Å²) in [6.07, 6.45) is 6.86. The molecule has 3 unspecified atom stereocenters. The Labute approximate surface area is 145 Å². The van der Waals surface area contributed by atoms with Crippen LogP contribution in [0.15, 0.2) is 12.4 Å². The summed E-state index contributed by atoms with van der Waals surface area (Å²) in [6.45, 7) is 8.60. The number of aromatic nitrogens is 2. The Bertz CT molecular complexity index is 454. The van der Waals surface area contributed by atoms with E-state index in [1.54, 1.807) is 12.4 Å². The van der Waals surface area contributed by atoms with Gasteiger partial charge in [-0.25, -0.2) is 9.97 Å². The lowest BCUT2D eigenvalue weighted by Crippen LogP contribution is -2.46. The van der Waals surface area contributed by atoms with Crippen molar-refractivity contribution >= 4 is 12.4 Å². The zero-order chi connectivity index (χ0) is 16.1. The molecular weight excluding hydrogens is 314 g/mol. The third kappa shape index (κ3) is 5.90. The molecule has 1 saturated heterocycles. The van der Waals surface area contributed by atoms with Gasteiger partial charge in [0.15, 0.2) is 5.75 Å². The van der Waals surface area contributed by atoms with Crippen LogP contribution in [0.1, 0.15) is 58.8 Å². The van der Waals surface area contributed by atoms with Crippen molar-refractivity contribution in [1.29, 1.82) is 0 Å². The Morgan fingerprint density at radius 3 is 2.39 bits per heavy atom. The van der Waals surface area contributed by atoms with E-state index in [1.165, 1.54) is 0 Å². The van der Waals surface area contributed by atoms with Crippen LogP contribution < -0.4 is 10.1 Å². The van der Waals surface area contributed by atoms with E-state index in [0.717, 1.165) is 25.1 Å². The normalized spacial score (nSPS) is 24.6. The summed E-state index contributed by atoms with van der Waals surface area (Å²) in [5.41, 5.74) is 0. The highest BCUT2D eigenvalue weighted by Crippen LogP contribution is 2.31. The maximum Gasteiger partial charge on any atom is 0.156 e. The summed E-state index contributed by atoms with van der Waals surface area (Å²) in [7, 11) is 0. The predicted molar refractivity (Wildman–Crippen MR) is 94.0 cm³/mol. The summed E-state index contributed by atoms with van der Waals surface area (Å²) in [5.74, 6) is 2.68. The second-order valence-electron chi connectivity index (χ2n) is 6.92. The number of hydrogen-bond donors (Lipinski definition) is 2. The quantitative estimate of drug-likeness (QED) is 0.830. The number of nitrogens with zero attached hydrogens (tertiary/aromatic N) is 2. The predicted octanol–water partition coefficient (Wildman–Crippen LogP) is 3.13. The van der Waals surface area contributed by atoms with Crippen molar-refractivity contribution in [3.8, 4) is 5.75 Å². The number of piperidine rings is 1. The second kappa shape index (κ2) is 9.40. The molecule has 0 aromatic carbocycles. The van der Waals surface area contributed by atoms with Gasteiger partial charge in [0, 0.05) is 6.04 Å². The molecule has 1 aliphatic heterocycles. The molecule has 23 heavy (non-hydrogen) atoms. The van der Waals surface area contributed by atoms with E-state index in [9.17, 15) is 5.11 Å². The van der Waals surface area contributed by atoms with E-state index in [2.05, 4.69) is 29.1 Å². The van der Waals surface area contributed by atoms with Gasteiger partial charge >= 0.3 is 0 Å². The minimum absolute atomic E-state index is 0. The summed E-state index contributed by atoms with van der Waals surface area (Å²) < 4.78 is 5.57. The summed E-state index contributed by atoms with van der Waals surface area (Å²) >= 11 is 0. The summed E-state index contributed by atoms with van der Waals surface area (Å²) in [5, 5.41) is 13.2. The standard InChI is InChI=1S/C17H29N3O2.ClH/c1-11(2)7-13-5-6-15(20-16(13)10-21)17-18-8-14(9-19-17)22-12(3)4;/h8-9,11-13,15-16,20-21H,5-7,10H2,1-4H3;1H. The van der Waals surface area contributed by atoms with Gasteiger partial charge in [-0.15, -0.1) is 12.4 Å². The van der Waals surface area contributed by atoms with Gasteiger partial charge in [-0.1, -0.05) is 13.8 Å². The lowest BCUT2D eigenvalue weighted by Gasteiger charge is -2.36. The van der Waals surface area contributed by atoms with E-state index >= 15 is 0 Å². The van der Waals surface area contributed by atoms with Crippen LogP contribution in [-0.4, -0.2) is 33.8 Å². The van der Waals surface area contributed by atoms with E-state index < -0.39 is 0 Å². The fraction of sp³-hybridized carbons (Fsp3) is 0.765. The molecule has 0 amide bonds. The topological polar surface area (TPSA) is 67.3 Å². The van der Waals surface area contributed by atoms with E-state index in [0.29, 0.717) is 17.6 Å². The molecule has 0 saturated carbocycles. The van der Waals surface area contributed by atoms with Crippen LogP contribution in [0.2, 0.25) is 0 Å². The lowest BCUT2D eigenvalue weighted by atomic mass is 9.82. The van der Waals surface area contributed by atoms with Crippen LogP contribution in [0.25, 0.3) is 0 Å². The van der Waals surface area contributed by atoms with Crippen LogP contribution in [0, 0.1) is 11.8 Å². The maximum absolute atomic E-state index is 9.66. The average Bonchev–Trinajstić information content (AvgIpc) is 2.47. The average molecular weight is 344 g/mol.